The summed E-state index contributed by atoms with van der Waals surface area (Å²) in [6.45, 7) is 1.62. The average molecular weight is 311 g/mol. The molecule has 1 atom stereocenters. The third kappa shape index (κ3) is 2.90. The van der Waals surface area contributed by atoms with Gasteiger partial charge >= 0.3 is 5.97 Å². The monoisotopic (exact) mass is 311 g/mol. The van der Waals surface area contributed by atoms with Crippen LogP contribution in [0.4, 0.5) is 5.69 Å². The molecule has 1 aliphatic heterocycles. The van der Waals surface area contributed by atoms with E-state index in [9.17, 15) is 9.59 Å². The molecule has 2 aromatic carbocycles. The number of rotatable bonds is 3. The number of nitrogens with one attached hydrogen (secondary N) is 1. The molecule has 5 heteroatoms. The molecule has 0 unspecified atom stereocenters. The van der Waals surface area contributed by atoms with Crippen LogP contribution in [-0.4, -0.2) is 24.6 Å². The maximum Gasteiger partial charge on any atom is 0.339 e. The molecule has 0 saturated carbocycles. The van der Waals surface area contributed by atoms with Gasteiger partial charge in [-0.25, -0.2) is 4.79 Å². The van der Waals surface area contributed by atoms with E-state index in [-0.39, 0.29) is 5.91 Å². The van der Waals surface area contributed by atoms with E-state index < -0.39 is 11.6 Å². The molecule has 0 saturated heterocycles. The summed E-state index contributed by atoms with van der Waals surface area (Å²) in [5, 5.41) is 2.78. The Morgan fingerprint density at radius 1 is 1.17 bits per heavy atom. The minimum Gasteiger partial charge on any atom is -0.497 e. The Bertz CT molecular complexity index is 754. The molecule has 1 aliphatic rings. The van der Waals surface area contributed by atoms with Gasteiger partial charge in [0.15, 0.2) is 5.60 Å². The number of benzene rings is 2. The van der Waals surface area contributed by atoms with Gasteiger partial charge in [0.25, 0.3) is 5.91 Å². The molecule has 0 spiro atoms. The van der Waals surface area contributed by atoms with Crippen LogP contribution in [0, 0.1) is 0 Å². The highest BCUT2D eigenvalue weighted by Crippen LogP contribution is 2.29. The number of esters is 1. The van der Waals surface area contributed by atoms with Gasteiger partial charge in [-0.05, 0) is 42.8 Å². The molecule has 2 aromatic rings. The number of anilines is 1. The Morgan fingerprint density at radius 2 is 1.87 bits per heavy atom. The summed E-state index contributed by atoms with van der Waals surface area (Å²) in [6, 6.07) is 14.1. The van der Waals surface area contributed by atoms with Crippen LogP contribution in [0.2, 0.25) is 0 Å². The predicted octanol–water partition coefficient (Wildman–Crippen LogP) is 2.81. The second-order valence-corrected chi connectivity index (χ2v) is 5.64. The van der Waals surface area contributed by atoms with Crippen molar-refractivity contribution in [3.63, 3.8) is 0 Å². The molecule has 118 valence electrons. The van der Waals surface area contributed by atoms with Crippen molar-refractivity contribution in [1.29, 1.82) is 0 Å². The Balaban J connectivity index is 1.80. The fourth-order valence-electron chi connectivity index (χ4n) is 2.60. The van der Waals surface area contributed by atoms with Crippen LogP contribution < -0.4 is 10.1 Å². The van der Waals surface area contributed by atoms with Crippen LogP contribution in [0.25, 0.3) is 0 Å². The molecule has 3 rings (SSSR count). The number of fused-ring (bicyclic) bond motifs is 1. The van der Waals surface area contributed by atoms with E-state index in [0.29, 0.717) is 23.4 Å². The molecule has 0 fully saturated rings. The molecule has 1 N–H and O–H groups in total. The summed E-state index contributed by atoms with van der Waals surface area (Å²) in [7, 11) is 1.58. The van der Waals surface area contributed by atoms with Crippen molar-refractivity contribution in [2.75, 3.05) is 12.4 Å². The van der Waals surface area contributed by atoms with Gasteiger partial charge < -0.3 is 14.8 Å². The van der Waals surface area contributed by atoms with E-state index in [1.165, 1.54) is 0 Å². The zero-order valence-corrected chi connectivity index (χ0v) is 13.0. The highest BCUT2D eigenvalue weighted by molar-refractivity contribution is 6.02. The maximum absolute atomic E-state index is 12.6. The van der Waals surface area contributed by atoms with Gasteiger partial charge in [-0.3, -0.25) is 4.79 Å². The van der Waals surface area contributed by atoms with Crippen LogP contribution >= 0.6 is 0 Å². The van der Waals surface area contributed by atoms with Crippen molar-refractivity contribution < 1.29 is 19.1 Å². The fraction of sp³-hybridized carbons (Fsp3) is 0.222. The second kappa shape index (κ2) is 5.76. The lowest BCUT2D eigenvalue weighted by atomic mass is 9.89. The largest absolute Gasteiger partial charge is 0.497 e. The van der Waals surface area contributed by atoms with E-state index in [2.05, 4.69) is 5.32 Å². The third-order valence-electron chi connectivity index (χ3n) is 3.91. The number of cyclic esters (lactones) is 1. The van der Waals surface area contributed by atoms with E-state index >= 15 is 0 Å². The van der Waals surface area contributed by atoms with Crippen molar-refractivity contribution in [2.45, 2.75) is 18.9 Å². The number of hydrogen-bond acceptors (Lipinski definition) is 4. The lowest BCUT2D eigenvalue weighted by Crippen LogP contribution is -2.48. The van der Waals surface area contributed by atoms with Gasteiger partial charge in [-0.1, -0.05) is 18.2 Å². The van der Waals surface area contributed by atoms with Crippen molar-refractivity contribution in [1.82, 2.24) is 0 Å². The van der Waals surface area contributed by atoms with Crippen molar-refractivity contribution in [3.8, 4) is 5.75 Å². The highest BCUT2D eigenvalue weighted by Gasteiger charge is 2.42. The van der Waals surface area contributed by atoms with Crippen molar-refractivity contribution in [3.05, 3.63) is 59.7 Å². The van der Waals surface area contributed by atoms with Crippen LogP contribution in [0.3, 0.4) is 0 Å². The third-order valence-corrected chi connectivity index (χ3v) is 3.91. The first kappa shape index (κ1) is 15.1. The number of ether oxygens (including phenoxy) is 2. The number of amides is 1. The summed E-state index contributed by atoms with van der Waals surface area (Å²) in [6.07, 6.45) is 0.344. The second-order valence-electron chi connectivity index (χ2n) is 5.64. The number of carbonyl (C=O) groups excluding carboxylic acids is 2. The zero-order chi connectivity index (χ0) is 16.4. The normalized spacial score (nSPS) is 19.5. The van der Waals surface area contributed by atoms with Gasteiger partial charge in [-0.15, -0.1) is 0 Å². The molecular formula is C18H17NO4. The molecular weight excluding hydrogens is 294 g/mol. The van der Waals surface area contributed by atoms with Gasteiger partial charge in [0.2, 0.25) is 0 Å². The molecule has 0 aromatic heterocycles. The lowest BCUT2D eigenvalue weighted by Gasteiger charge is -2.33. The summed E-state index contributed by atoms with van der Waals surface area (Å²) >= 11 is 0. The maximum atomic E-state index is 12.6. The van der Waals surface area contributed by atoms with Gasteiger partial charge in [-0.2, -0.15) is 0 Å². The summed E-state index contributed by atoms with van der Waals surface area (Å²) < 4.78 is 10.5. The predicted molar refractivity (Wildman–Crippen MR) is 85.6 cm³/mol. The zero-order valence-electron chi connectivity index (χ0n) is 13.0. The van der Waals surface area contributed by atoms with E-state index in [1.807, 2.05) is 12.1 Å². The minimum absolute atomic E-state index is 0.344. The highest BCUT2D eigenvalue weighted by atomic mass is 16.6. The van der Waals surface area contributed by atoms with Gasteiger partial charge in [0, 0.05) is 12.1 Å². The molecule has 5 nitrogen and oxygen atoms in total. The fourth-order valence-corrected chi connectivity index (χ4v) is 2.60. The smallest absolute Gasteiger partial charge is 0.339 e. The first-order valence-corrected chi connectivity index (χ1v) is 7.28. The summed E-state index contributed by atoms with van der Waals surface area (Å²) in [5.74, 6) is -0.128. The van der Waals surface area contributed by atoms with E-state index in [1.54, 1.807) is 50.4 Å². The quantitative estimate of drug-likeness (QED) is 0.885. The van der Waals surface area contributed by atoms with Crippen LogP contribution in [0.5, 0.6) is 5.75 Å². The Labute approximate surface area is 134 Å². The first-order chi connectivity index (χ1) is 11.0. The van der Waals surface area contributed by atoms with E-state index in [4.69, 9.17) is 9.47 Å². The molecule has 0 bridgehead atoms. The van der Waals surface area contributed by atoms with Crippen molar-refractivity contribution >= 4 is 17.6 Å². The first-order valence-electron chi connectivity index (χ1n) is 7.28. The average Bonchev–Trinajstić information content (AvgIpc) is 2.55. The Kier molecular flexibility index (Phi) is 3.78. The Morgan fingerprint density at radius 3 is 2.57 bits per heavy atom. The van der Waals surface area contributed by atoms with Gasteiger partial charge in [0.1, 0.15) is 5.75 Å². The molecule has 23 heavy (non-hydrogen) atoms. The summed E-state index contributed by atoms with van der Waals surface area (Å²) in [5.41, 5.74) is 0.719. The van der Waals surface area contributed by atoms with Crippen molar-refractivity contribution in [2.24, 2.45) is 0 Å². The number of hydrogen-bond donors (Lipinski definition) is 1. The van der Waals surface area contributed by atoms with Gasteiger partial charge in [0.05, 0.1) is 12.7 Å². The minimum atomic E-state index is -1.23. The lowest BCUT2D eigenvalue weighted by molar-refractivity contribution is -0.134. The standard InChI is InChI=1S/C18H17NO4/c1-18(11-12-5-3-4-6-15(12)16(20)23-18)17(21)19-13-7-9-14(22-2)10-8-13/h3-10H,11H2,1-2H3,(H,19,21)/t18-/m1/s1. The molecule has 0 radical (unpaired) electrons. The topological polar surface area (TPSA) is 64.6 Å². The Hall–Kier alpha value is -2.82. The van der Waals surface area contributed by atoms with Crippen LogP contribution in [0.1, 0.15) is 22.8 Å². The summed E-state index contributed by atoms with van der Waals surface area (Å²) in [4.78, 5) is 24.7. The SMILES string of the molecule is COc1ccc(NC(=O)[C@@]2(C)Cc3ccccc3C(=O)O2)cc1. The number of methoxy groups -OCH3 is 1. The molecule has 0 aliphatic carbocycles. The van der Waals surface area contributed by atoms with Crippen LogP contribution in [-0.2, 0) is 16.0 Å². The van der Waals surface area contributed by atoms with Crippen LogP contribution in [0.15, 0.2) is 48.5 Å². The molecule has 1 heterocycles. The number of carbonyl (C=O) groups is 2. The molecule has 1 amide bonds. The van der Waals surface area contributed by atoms with E-state index in [0.717, 1.165) is 5.56 Å².